The molecule has 0 unspecified atom stereocenters. The fourth-order valence-corrected chi connectivity index (χ4v) is 11.9. The average molecular weight is 917 g/mol. The van der Waals surface area contributed by atoms with Gasteiger partial charge in [-0.05, 0) is 129 Å². The van der Waals surface area contributed by atoms with E-state index >= 15 is 0 Å². The Morgan fingerprint density at radius 1 is 0.236 bits per heavy atom. The molecule has 336 valence electrons. The molecule has 0 spiro atoms. The highest BCUT2D eigenvalue weighted by molar-refractivity contribution is 6.22. The molecular weight excluding hydrogens is 873 g/mol. The summed E-state index contributed by atoms with van der Waals surface area (Å²) in [6, 6.07) is 98.0. The molecule has 0 aliphatic heterocycles. The van der Waals surface area contributed by atoms with Gasteiger partial charge < -0.3 is 18.6 Å². The van der Waals surface area contributed by atoms with Crippen molar-refractivity contribution < 1.29 is 0 Å². The monoisotopic (exact) mass is 916 g/mol. The predicted octanol–water partition coefficient (Wildman–Crippen LogP) is 18.4. The van der Waals surface area contributed by atoms with Crippen LogP contribution in [0.1, 0.15) is 0 Å². The molecule has 0 saturated carbocycles. The number of hydrogen-bond donors (Lipinski definition) is 0. The topological polar surface area (TPSA) is 18.0 Å². The van der Waals surface area contributed by atoms with Crippen LogP contribution in [0.3, 0.4) is 0 Å². The van der Waals surface area contributed by atoms with Crippen molar-refractivity contribution in [2.45, 2.75) is 0 Å². The first-order valence-electron chi connectivity index (χ1n) is 24.8. The van der Waals surface area contributed by atoms with Gasteiger partial charge >= 0.3 is 0 Å². The summed E-state index contributed by atoms with van der Waals surface area (Å²) in [5.74, 6) is 0. The van der Waals surface area contributed by atoms with Crippen LogP contribution in [0.15, 0.2) is 267 Å². The fourth-order valence-electron chi connectivity index (χ4n) is 11.9. The molecule has 3 aromatic heterocycles. The maximum Gasteiger partial charge on any atom is 0.0804 e. The van der Waals surface area contributed by atoms with Gasteiger partial charge in [0.25, 0.3) is 0 Å². The first-order chi connectivity index (χ1) is 35.7. The SMILES string of the molecule is c1ccc(N(c2ccccc2)c2ccc3c(c2)c2c(c4cc(-n5c6ccccc6c6ccccc65)ccc4n2-c2ccc4ccccc4c2)n3-c2ccc(-c3cccc4ccccc34)c3ccccc23)cc1. The Kier molecular flexibility index (Phi) is 8.92. The number of rotatable bonds is 7. The molecule has 72 heavy (non-hydrogen) atoms. The van der Waals surface area contributed by atoms with E-state index in [4.69, 9.17) is 0 Å². The van der Waals surface area contributed by atoms with Gasteiger partial charge in [-0.3, -0.25) is 0 Å². The van der Waals surface area contributed by atoms with E-state index in [1.165, 1.54) is 70.6 Å². The van der Waals surface area contributed by atoms with Crippen LogP contribution in [0.2, 0.25) is 0 Å². The van der Waals surface area contributed by atoms with E-state index in [1.807, 2.05) is 0 Å². The lowest BCUT2D eigenvalue weighted by molar-refractivity contribution is 1.17. The Labute approximate surface area is 415 Å². The second kappa shape index (κ2) is 16.0. The standard InChI is InChI=1S/C68H44N4/c1-3-22-48(23-4-1)69(49-24-5-2-6-25-49)51-36-40-66-61(43-51)67-68(72(66)64-41-38-56(55-27-11-12-28-57(55)64)54-31-17-21-46-19-9-10-26-53(46)54)60-44-52(70-62-32-15-13-29-58(62)59-30-14-16-33-63(59)70)37-39-65(60)71(67)50-35-34-45-18-7-8-20-47(45)42-50/h1-44H. The number of fused-ring (bicyclic) bond motifs is 11. The quantitative estimate of drug-likeness (QED) is 0.156. The normalized spacial score (nSPS) is 11.9. The molecule has 0 atom stereocenters. The largest absolute Gasteiger partial charge is 0.310 e. The van der Waals surface area contributed by atoms with Crippen molar-refractivity contribution in [2.24, 2.45) is 0 Å². The Morgan fingerprint density at radius 2 is 0.736 bits per heavy atom. The van der Waals surface area contributed by atoms with Crippen LogP contribution in [0, 0.1) is 0 Å². The summed E-state index contributed by atoms with van der Waals surface area (Å²) >= 11 is 0. The molecule has 12 aromatic carbocycles. The van der Waals surface area contributed by atoms with Gasteiger partial charge in [-0.2, -0.15) is 0 Å². The van der Waals surface area contributed by atoms with E-state index in [0.29, 0.717) is 0 Å². The molecule has 0 bridgehead atoms. The summed E-state index contributed by atoms with van der Waals surface area (Å²) in [5.41, 5.74) is 16.0. The number of aromatic nitrogens is 3. The van der Waals surface area contributed by atoms with Crippen LogP contribution in [-0.4, -0.2) is 13.7 Å². The van der Waals surface area contributed by atoms with Gasteiger partial charge in [-0.15, -0.1) is 0 Å². The molecule has 0 fully saturated rings. The van der Waals surface area contributed by atoms with E-state index < -0.39 is 0 Å². The van der Waals surface area contributed by atoms with Gasteiger partial charge in [0, 0.05) is 55.4 Å². The van der Waals surface area contributed by atoms with Crippen LogP contribution in [0.5, 0.6) is 0 Å². The smallest absolute Gasteiger partial charge is 0.0804 e. The highest BCUT2D eigenvalue weighted by atomic mass is 15.1. The minimum Gasteiger partial charge on any atom is -0.310 e. The second-order valence-corrected chi connectivity index (χ2v) is 18.9. The lowest BCUT2D eigenvalue weighted by Gasteiger charge is -2.25. The first-order valence-corrected chi connectivity index (χ1v) is 24.8. The van der Waals surface area contributed by atoms with Crippen LogP contribution >= 0.6 is 0 Å². The Hall–Kier alpha value is -9.64. The predicted molar refractivity (Wildman–Crippen MR) is 305 cm³/mol. The van der Waals surface area contributed by atoms with Crippen molar-refractivity contribution in [3.8, 4) is 28.2 Å². The molecule has 0 N–H and O–H groups in total. The summed E-state index contributed by atoms with van der Waals surface area (Å²) < 4.78 is 7.53. The third-order valence-electron chi connectivity index (χ3n) is 15.0. The van der Waals surface area contributed by atoms with Gasteiger partial charge in [-0.25, -0.2) is 0 Å². The van der Waals surface area contributed by atoms with Crippen LogP contribution in [0.25, 0.3) is 115 Å². The molecule has 15 aromatic rings. The molecule has 15 rings (SSSR count). The van der Waals surface area contributed by atoms with Gasteiger partial charge in [0.05, 0.1) is 38.8 Å². The Bertz CT molecular complexity index is 4530. The zero-order valence-electron chi connectivity index (χ0n) is 39.2. The maximum atomic E-state index is 2.56. The molecule has 0 aliphatic carbocycles. The summed E-state index contributed by atoms with van der Waals surface area (Å²) in [7, 11) is 0. The van der Waals surface area contributed by atoms with Gasteiger partial charge in [0.2, 0.25) is 0 Å². The van der Waals surface area contributed by atoms with Crippen molar-refractivity contribution in [1.82, 2.24) is 13.7 Å². The molecule has 0 saturated heterocycles. The van der Waals surface area contributed by atoms with Crippen LogP contribution < -0.4 is 4.90 Å². The second-order valence-electron chi connectivity index (χ2n) is 18.9. The van der Waals surface area contributed by atoms with E-state index in [0.717, 1.165) is 61.6 Å². The number of benzene rings is 12. The highest BCUT2D eigenvalue weighted by Gasteiger charge is 2.26. The fraction of sp³-hybridized carbons (Fsp3) is 0. The number of anilines is 3. The van der Waals surface area contributed by atoms with Gasteiger partial charge in [0.1, 0.15) is 0 Å². The maximum absolute atomic E-state index is 2.56. The van der Waals surface area contributed by atoms with Crippen molar-refractivity contribution in [1.29, 1.82) is 0 Å². The average Bonchev–Trinajstić information content (AvgIpc) is 4.09. The zero-order chi connectivity index (χ0) is 47.3. The van der Waals surface area contributed by atoms with E-state index in [9.17, 15) is 0 Å². The van der Waals surface area contributed by atoms with Gasteiger partial charge in [0.15, 0.2) is 0 Å². The molecule has 4 nitrogen and oxygen atoms in total. The van der Waals surface area contributed by atoms with Gasteiger partial charge in [-0.1, -0.05) is 176 Å². The van der Waals surface area contributed by atoms with E-state index in [2.05, 4.69) is 286 Å². The summed E-state index contributed by atoms with van der Waals surface area (Å²) in [6.07, 6.45) is 0. The zero-order valence-corrected chi connectivity index (χ0v) is 39.2. The minimum atomic E-state index is 1.08. The Morgan fingerprint density at radius 3 is 1.47 bits per heavy atom. The highest BCUT2D eigenvalue weighted by Crippen LogP contribution is 2.47. The molecule has 0 amide bonds. The molecule has 4 heteroatoms. The number of para-hydroxylation sites is 4. The first kappa shape index (κ1) is 40.3. The lowest BCUT2D eigenvalue weighted by Crippen LogP contribution is -2.09. The van der Waals surface area contributed by atoms with Crippen LogP contribution in [-0.2, 0) is 0 Å². The van der Waals surface area contributed by atoms with Crippen molar-refractivity contribution in [2.75, 3.05) is 4.90 Å². The van der Waals surface area contributed by atoms with Crippen molar-refractivity contribution >= 4 is 104 Å². The molecule has 0 aliphatic rings. The third-order valence-corrected chi connectivity index (χ3v) is 15.0. The summed E-state index contributed by atoms with van der Waals surface area (Å²) in [5, 5.41) is 12.1. The number of nitrogens with zero attached hydrogens (tertiary/aromatic N) is 4. The van der Waals surface area contributed by atoms with Crippen molar-refractivity contribution in [3.63, 3.8) is 0 Å². The van der Waals surface area contributed by atoms with E-state index in [1.54, 1.807) is 0 Å². The molecule has 3 heterocycles. The van der Waals surface area contributed by atoms with Crippen LogP contribution in [0.4, 0.5) is 17.1 Å². The molecule has 0 radical (unpaired) electrons. The van der Waals surface area contributed by atoms with Crippen molar-refractivity contribution in [3.05, 3.63) is 267 Å². The Balaban J connectivity index is 1.10. The minimum absolute atomic E-state index is 1.08. The number of hydrogen-bond acceptors (Lipinski definition) is 1. The summed E-state index contributed by atoms with van der Waals surface area (Å²) in [6.45, 7) is 0. The third kappa shape index (κ3) is 6.06. The molecular formula is C68H44N4. The summed E-state index contributed by atoms with van der Waals surface area (Å²) in [4.78, 5) is 2.38. The lowest BCUT2D eigenvalue weighted by atomic mass is 9.93. The van der Waals surface area contributed by atoms with E-state index in [-0.39, 0.29) is 0 Å².